The first-order valence-electron chi connectivity index (χ1n) is 11.4. The zero-order chi connectivity index (χ0) is 24.0. The fraction of sp³-hybridized carbons (Fsp3) is 0.400. The SMILES string of the molecule is CC(C)(CNC(=O)CSc1nnc(-c2ccc(F)cc2)n1Cc1ccccc1)N1CCOCC1. The van der Waals surface area contributed by atoms with Gasteiger partial charge in [0.05, 0.1) is 25.5 Å². The third-order valence-electron chi connectivity index (χ3n) is 5.92. The van der Waals surface area contributed by atoms with Gasteiger partial charge in [-0.05, 0) is 43.7 Å². The van der Waals surface area contributed by atoms with Crippen molar-refractivity contribution in [3.63, 3.8) is 0 Å². The minimum atomic E-state index is -0.302. The summed E-state index contributed by atoms with van der Waals surface area (Å²) in [6.07, 6.45) is 0. The van der Waals surface area contributed by atoms with E-state index in [1.165, 1.54) is 23.9 Å². The van der Waals surface area contributed by atoms with E-state index in [0.717, 1.165) is 37.4 Å². The molecule has 1 N–H and O–H groups in total. The van der Waals surface area contributed by atoms with E-state index in [2.05, 4.69) is 34.3 Å². The lowest BCUT2D eigenvalue weighted by Crippen LogP contribution is -2.55. The minimum Gasteiger partial charge on any atom is -0.379 e. The molecule has 0 atom stereocenters. The second-order valence-corrected chi connectivity index (χ2v) is 9.80. The average molecular weight is 484 g/mol. The first kappa shape index (κ1) is 24.4. The lowest BCUT2D eigenvalue weighted by molar-refractivity contribution is -0.119. The number of halogens is 1. The Kier molecular flexibility index (Phi) is 7.97. The minimum absolute atomic E-state index is 0.0519. The first-order chi connectivity index (χ1) is 16.4. The maximum absolute atomic E-state index is 13.4. The summed E-state index contributed by atoms with van der Waals surface area (Å²) in [4.78, 5) is 15.0. The Hall–Kier alpha value is -2.75. The van der Waals surface area contributed by atoms with Crippen LogP contribution in [0.25, 0.3) is 11.4 Å². The number of ether oxygens (including phenoxy) is 1. The summed E-state index contributed by atoms with van der Waals surface area (Å²) in [5, 5.41) is 12.4. The molecule has 4 rings (SSSR count). The fourth-order valence-electron chi connectivity index (χ4n) is 3.89. The van der Waals surface area contributed by atoms with Crippen molar-refractivity contribution in [3.8, 4) is 11.4 Å². The molecule has 0 aliphatic carbocycles. The van der Waals surface area contributed by atoms with E-state index in [9.17, 15) is 9.18 Å². The van der Waals surface area contributed by atoms with Crippen molar-refractivity contribution >= 4 is 17.7 Å². The number of benzene rings is 2. The third-order valence-corrected chi connectivity index (χ3v) is 6.89. The van der Waals surface area contributed by atoms with Crippen LogP contribution >= 0.6 is 11.8 Å². The normalized spacial score (nSPS) is 14.8. The van der Waals surface area contributed by atoms with E-state index in [1.807, 2.05) is 34.9 Å². The predicted octanol–water partition coefficient (Wildman–Crippen LogP) is 3.45. The fourth-order valence-corrected chi connectivity index (χ4v) is 4.66. The molecule has 0 spiro atoms. The Morgan fingerprint density at radius 1 is 1.09 bits per heavy atom. The summed E-state index contributed by atoms with van der Waals surface area (Å²) in [5.41, 5.74) is 1.71. The summed E-state index contributed by atoms with van der Waals surface area (Å²) in [7, 11) is 0. The highest BCUT2D eigenvalue weighted by molar-refractivity contribution is 7.99. The number of hydrogen-bond acceptors (Lipinski definition) is 6. The second kappa shape index (κ2) is 11.1. The van der Waals surface area contributed by atoms with Gasteiger partial charge < -0.3 is 10.1 Å². The number of carbonyl (C=O) groups is 1. The van der Waals surface area contributed by atoms with Gasteiger partial charge >= 0.3 is 0 Å². The number of nitrogens with zero attached hydrogens (tertiary/aromatic N) is 4. The van der Waals surface area contributed by atoms with E-state index < -0.39 is 0 Å². The summed E-state index contributed by atoms with van der Waals surface area (Å²) in [6, 6.07) is 16.2. The molecule has 0 radical (unpaired) electrons. The van der Waals surface area contributed by atoms with Gasteiger partial charge in [0, 0.05) is 30.7 Å². The Bertz CT molecular complexity index is 1080. The number of aromatic nitrogens is 3. The Balaban J connectivity index is 1.43. The lowest BCUT2D eigenvalue weighted by Gasteiger charge is -2.40. The second-order valence-electron chi connectivity index (χ2n) is 8.86. The van der Waals surface area contributed by atoms with Crippen molar-refractivity contribution < 1.29 is 13.9 Å². The van der Waals surface area contributed by atoms with Crippen LogP contribution in [-0.2, 0) is 16.1 Å². The number of amides is 1. The molecular weight excluding hydrogens is 453 g/mol. The number of rotatable bonds is 9. The number of nitrogens with one attached hydrogen (secondary N) is 1. The largest absolute Gasteiger partial charge is 0.379 e. The molecule has 0 saturated carbocycles. The van der Waals surface area contributed by atoms with Crippen LogP contribution in [0.4, 0.5) is 4.39 Å². The number of carbonyl (C=O) groups excluding carboxylic acids is 1. The Morgan fingerprint density at radius 3 is 2.50 bits per heavy atom. The van der Waals surface area contributed by atoms with Crippen LogP contribution in [-0.4, -0.2) is 69.7 Å². The molecule has 1 fully saturated rings. The maximum atomic E-state index is 13.4. The number of thioether (sulfide) groups is 1. The monoisotopic (exact) mass is 483 g/mol. The van der Waals surface area contributed by atoms with Crippen molar-refractivity contribution in [2.75, 3.05) is 38.6 Å². The molecule has 1 aliphatic rings. The smallest absolute Gasteiger partial charge is 0.230 e. The third kappa shape index (κ3) is 6.22. The van der Waals surface area contributed by atoms with Crippen molar-refractivity contribution in [1.82, 2.24) is 25.0 Å². The molecule has 34 heavy (non-hydrogen) atoms. The molecule has 3 aromatic rings. The highest BCUT2D eigenvalue weighted by atomic mass is 32.2. The quantitative estimate of drug-likeness (QED) is 0.470. The van der Waals surface area contributed by atoms with Crippen LogP contribution in [0, 0.1) is 5.82 Å². The number of hydrogen-bond donors (Lipinski definition) is 1. The van der Waals surface area contributed by atoms with Gasteiger partial charge in [0.2, 0.25) is 5.91 Å². The van der Waals surface area contributed by atoms with Crippen molar-refractivity contribution in [1.29, 1.82) is 0 Å². The first-order valence-corrected chi connectivity index (χ1v) is 12.4. The van der Waals surface area contributed by atoms with Crippen molar-refractivity contribution in [2.24, 2.45) is 0 Å². The van der Waals surface area contributed by atoms with Crippen molar-refractivity contribution in [2.45, 2.75) is 31.1 Å². The van der Waals surface area contributed by atoms with Gasteiger partial charge in [-0.1, -0.05) is 42.1 Å². The van der Waals surface area contributed by atoms with Gasteiger partial charge in [-0.3, -0.25) is 14.3 Å². The molecule has 2 aromatic carbocycles. The van der Waals surface area contributed by atoms with Crippen LogP contribution in [0.15, 0.2) is 59.8 Å². The highest BCUT2D eigenvalue weighted by Gasteiger charge is 2.28. The van der Waals surface area contributed by atoms with Crippen LogP contribution in [0.5, 0.6) is 0 Å². The Labute approximate surface area is 203 Å². The molecule has 2 heterocycles. The lowest BCUT2D eigenvalue weighted by atomic mass is 10.0. The van der Waals surface area contributed by atoms with Crippen LogP contribution in [0.3, 0.4) is 0 Å². The zero-order valence-electron chi connectivity index (χ0n) is 19.5. The van der Waals surface area contributed by atoms with Crippen molar-refractivity contribution in [3.05, 3.63) is 66.0 Å². The summed E-state index contributed by atoms with van der Waals surface area (Å²) in [5.74, 6) is 0.517. The highest BCUT2D eigenvalue weighted by Crippen LogP contribution is 2.25. The summed E-state index contributed by atoms with van der Waals surface area (Å²) in [6.45, 7) is 8.56. The maximum Gasteiger partial charge on any atom is 0.230 e. The van der Waals surface area contributed by atoms with Gasteiger partial charge in [-0.25, -0.2) is 4.39 Å². The van der Waals surface area contributed by atoms with Crippen LogP contribution < -0.4 is 5.32 Å². The summed E-state index contributed by atoms with van der Waals surface area (Å²) >= 11 is 1.35. The van der Waals surface area contributed by atoms with Gasteiger partial charge in [-0.2, -0.15) is 0 Å². The topological polar surface area (TPSA) is 72.3 Å². The molecule has 1 aromatic heterocycles. The van der Waals surface area contributed by atoms with Crippen LogP contribution in [0.1, 0.15) is 19.4 Å². The van der Waals surface area contributed by atoms with E-state index in [-0.39, 0.29) is 23.0 Å². The van der Waals surface area contributed by atoms with Crippen LogP contribution in [0.2, 0.25) is 0 Å². The standard InChI is InChI=1S/C25H30FN5O2S/c1-25(2,30-12-14-33-15-13-30)18-27-22(32)17-34-24-29-28-23(20-8-10-21(26)11-9-20)31(24)16-19-6-4-3-5-7-19/h3-11H,12-18H2,1-2H3,(H,27,32). The van der Waals surface area contributed by atoms with E-state index in [1.54, 1.807) is 12.1 Å². The molecule has 0 unspecified atom stereocenters. The average Bonchev–Trinajstić information content (AvgIpc) is 3.25. The van der Waals surface area contributed by atoms with Gasteiger partial charge in [0.25, 0.3) is 0 Å². The molecule has 0 bridgehead atoms. The van der Waals surface area contributed by atoms with Gasteiger partial charge in [0.15, 0.2) is 11.0 Å². The number of morpholine rings is 1. The van der Waals surface area contributed by atoms with E-state index in [0.29, 0.717) is 24.1 Å². The molecule has 9 heteroatoms. The molecule has 1 amide bonds. The molecule has 1 saturated heterocycles. The molecular formula is C25H30FN5O2S. The molecule has 7 nitrogen and oxygen atoms in total. The Morgan fingerprint density at radius 2 is 1.79 bits per heavy atom. The van der Waals surface area contributed by atoms with Gasteiger partial charge in [-0.15, -0.1) is 10.2 Å². The van der Waals surface area contributed by atoms with Gasteiger partial charge in [0.1, 0.15) is 5.82 Å². The zero-order valence-corrected chi connectivity index (χ0v) is 20.4. The summed E-state index contributed by atoms with van der Waals surface area (Å²) < 4.78 is 20.8. The van der Waals surface area contributed by atoms with E-state index >= 15 is 0 Å². The molecule has 1 aliphatic heterocycles. The predicted molar refractivity (Wildman–Crippen MR) is 131 cm³/mol. The molecule has 180 valence electrons. The van der Waals surface area contributed by atoms with E-state index in [4.69, 9.17) is 4.74 Å².